The summed E-state index contributed by atoms with van der Waals surface area (Å²) in [6, 6.07) is 10.3. The van der Waals surface area contributed by atoms with Gasteiger partial charge in [-0.2, -0.15) is 5.10 Å². The third kappa shape index (κ3) is 3.83. The smallest absolute Gasteiger partial charge is 0.307 e. The van der Waals surface area contributed by atoms with Crippen molar-refractivity contribution in [2.75, 3.05) is 0 Å². The Labute approximate surface area is 169 Å². The molecule has 2 N–H and O–H groups in total. The van der Waals surface area contributed by atoms with Gasteiger partial charge in [-0.1, -0.05) is 11.6 Å². The van der Waals surface area contributed by atoms with E-state index in [1.165, 1.54) is 6.21 Å². The SMILES string of the molecule is O=C(N/N=C/c1cc(I)cc(I)c1O)c1cc2cc(Cl)ccc2o1. The molecule has 0 unspecified atom stereocenters. The van der Waals surface area contributed by atoms with Gasteiger partial charge in [0.05, 0.1) is 9.78 Å². The van der Waals surface area contributed by atoms with E-state index in [4.69, 9.17) is 16.0 Å². The molecule has 0 fully saturated rings. The molecule has 1 amide bonds. The molecule has 0 saturated carbocycles. The number of halogens is 3. The highest BCUT2D eigenvalue weighted by atomic mass is 127. The van der Waals surface area contributed by atoms with E-state index in [1.54, 1.807) is 30.3 Å². The summed E-state index contributed by atoms with van der Waals surface area (Å²) in [5, 5.41) is 15.2. The number of nitrogens with zero attached hydrogens (tertiary/aromatic N) is 1. The molecule has 0 saturated heterocycles. The largest absolute Gasteiger partial charge is 0.506 e. The van der Waals surface area contributed by atoms with Crippen molar-refractivity contribution in [3.05, 3.63) is 59.9 Å². The van der Waals surface area contributed by atoms with Crippen molar-refractivity contribution in [3.63, 3.8) is 0 Å². The zero-order valence-corrected chi connectivity index (χ0v) is 17.0. The molecule has 0 aliphatic heterocycles. The fourth-order valence-electron chi connectivity index (χ4n) is 2.03. The van der Waals surface area contributed by atoms with E-state index in [-0.39, 0.29) is 11.5 Å². The fraction of sp³-hybridized carbons (Fsp3) is 0. The minimum atomic E-state index is -0.488. The highest BCUT2D eigenvalue weighted by Gasteiger charge is 2.12. The predicted molar refractivity (Wildman–Crippen MR) is 110 cm³/mol. The normalized spacial score (nSPS) is 11.3. The second-order valence-electron chi connectivity index (χ2n) is 4.82. The minimum absolute atomic E-state index is 0.118. The molecule has 2 aromatic carbocycles. The lowest BCUT2D eigenvalue weighted by Crippen LogP contribution is -2.16. The number of phenolic OH excluding ortho intramolecular Hbond substituents is 1. The van der Waals surface area contributed by atoms with Gasteiger partial charge in [-0.15, -0.1) is 0 Å². The third-order valence-corrected chi connectivity index (χ3v) is 4.81. The highest BCUT2D eigenvalue weighted by molar-refractivity contribution is 14.1. The van der Waals surface area contributed by atoms with Gasteiger partial charge < -0.3 is 9.52 Å². The van der Waals surface area contributed by atoms with Crippen LogP contribution in [0.3, 0.4) is 0 Å². The first kappa shape index (κ1) is 17.5. The van der Waals surface area contributed by atoms with Crippen LogP contribution in [-0.2, 0) is 0 Å². The number of carbonyl (C=O) groups excluding carboxylic acids is 1. The van der Waals surface area contributed by atoms with Crippen molar-refractivity contribution in [2.45, 2.75) is 0 Å². The summed E-state index contributed by atoms with van der Waals surface area (Å²) in [5.41, 5.74) is 3.46. The first-order valence-electron chi connectivity index (χ1n) is 6.64. The number of furan rings is 1. The molecule has 24 heavy (non-hydrogen) atoms. The maximum Gasteiger partial charge on any atom is 0.307 e. The predicted octanol–water partition coefficient (Wildman–Crippen LogP) is 4.76. The number of fused-ring (bicyclic) bond motifs is 1. The molecule has 0 spiro atoms. The monoisotopic (exact) mass is 566 g/mol. The summed E-state index contributed by atoms with van der Waals surface area (Å²) >= 11 is 10.1. The van der Waals surface area contributed by atoms with Gasteiger partial charge in [-0.3, -0.25) is 4.79 Å². The molecule has 0 atom stereocenters. The van der Waals surface area contributed by atoms with Crippen molar-refractivity contribution in [3.8, 4) is 5.75 Å². The molecule has 5 nitrogen and oxygen atoms in total. The topological polar surface area (TPSA) is 74.8 Å². The molecule has 1 aromatic heterocycles. The number of hydrazone groups is 1. The van der Waals surface area contributed by atoms with Gasteiger partial charge in [-0.05, 0) is 81.6 Å². The maximum absolute atomic E-state index is 12.1. The molecule has 8 heteroatoms. The number of hydrogen-bond acceptors (Lipinski definition) is 4. The Morgan fingerprint density at radius 3 is 2.83 bits per heavy atom. The quantitative estimate of drug-likeness (QED) is 0.273. The Morgan fingerprint density at radius 1 is 1.25 bits per heavy atom. The van der Waals surface area contributed by atoms with Crippen LogP contribution in [0.25, 0.3) is 11.0 Å². The van der Waals surface area contributed by atoms with Gasteiger partial charge in [-0.25, -0.2) is 5.43 Å². The van der Waals surface area contributed by atoms with E-state index in [0.29, 0.717) is 19.7 Å². The van der Waals surface area contributed by atoms with Gasteiger partial charge in [0, 0.05) is 19.5 Å². The summed E-state index contributed by atoms with van der Waals surface area (Å²) in [6.45, 7) is 0. The van der Waals surface area contributed by atoms with Crippen LogP contribution < -0.4 is 5.43 Å². The Kier molecular flexibility index (Phi) is 5.30. The first-order valence-corrected chi connectivity index (χ1v) is 9.18. The average molecular weight is 567 g/mol. The second kappa shape index (κ2) is 7.28. The Bertz CT molecular complexity index is 969. The van der Waals surface area contributed by atoms with Gasteiger partial charge in [0.25, 0.3) is 0 Å². The van der Waals surface area contributed by atoms with Crippen LogP contribution in [0.4, 0.5) is 0 Å². The maximum atomic E-state index is 12.1. The number of aromatic hydroxyl groups is 1. The summed E-state index contributed by atoms with van der Waals surface area (Å²) < 4.78 is 7.12. The van der Waals surface area contributed by atoms with Gasteiger partial charge in [0.1, 0.15) is 11.3 Å². The van der Waals surface area contributed by atoms with Crippen LogP contribution in [0.15, 0.2) is 45.9 Å². The van der Waals surface area contributed by atoms with Gasteiger partial charge in [0.2, 0.25) is 0 Å². The Morgan fingerprint density at radius 2 is 2.04 bits per heavy atom. The molecular formula is C16H9ClI2N2O3. The van der Waals surface area contributed by atoms with Crippen LogP contribution >= 0.6 is 56.8 Å². The van der Waals surface area contributed by atoms with Crippen LogP contribution in [0.2, 0.25) is 5.02 Å². The lowest BCUT2D eigenvalue weighted by molar-refractivity contribution is 0.0929. The Balaban J connectivity index is 1.77. The summed E-state index contributed by atoms with van der Waals surface area (Å²) in [4.78, 5) is 12.1. The summed E-state index contributed by atoms with van der Waals surface area (Å²) in [6.07, 6.45) is 1.39. The summed E-state index contributed by atoms with van der Waals surface area (Å²) in [5.74, 6) is -0.239. The number of amides is 1. The van der Waals surface area contributed by atoms with Crippen molar-refractivity contribution in [1.29, 1.82) is 0 Å². The van der Waals surface area contributed by atoms with Crippen molar-refractivity contribution < 1.29 is 14.3 Å². The molecule has 0 radical (unpaired) electrons. The number of rotatable bonds is 3. The van der Waals surface area contributed by atoms with Crippen molar-refractivity contribution >= 4 is 79.9 Å². The van der Waals surface area contributed by atoms with Crippen molar-refractivity contribution in [1.82, 2.24) is 5.43 Å². The van der Waals surface area contributed by atoms with E-state index in [9.17, 15) is 9.90 Å². The molecule has 122 valence electrons. The lowest BCUT2D eigenvalue weighted by Gasteiger charge is -2.02. The molecule has 3 rings (SSSR count). The van der Waals surface area contributed by atoms with E-state index in [1.807, 2.05) is 28.7 Å². The van der Waals surface area contributed by atoms with Crippen LogP contribution in [-0.4, -0.2) is 17.2 Å². The number of carbonyl (C=O) groups is 1. The lowest BCUT2D eigenvalue weighted by atomic mass is 10.2. The van der Waals surface area contributed by atoms with Crippen LogP contribution in [0.5, 0.6) is 5.75 Å². The van der Waals surface area contributed by atoms with Gasteiger partial charge >= 0.3 is 5.91 Å². The average Bonchev–Trinajstić information content (AvgIpc) is 2.95. The molecule has 1 heterocycles. The van der Waals surface area contributed by atoms with E-state index in [2.05, 4.69) is 33.1 Å². The second-order valence-corrected chi connectivity index (χ2v) is 7.66. The minimum Gasteiger partial charge on any atom is -0.506 e. The fourth-order valence-corrected chi connectivity index (χ4v) is 4.10. The molecule has 0 aliphatic rings. The number of nitrogens with one attached hydrogen (secondary N) is 1. The Hall–Kier alpha value is -1.33. The highest BCUT2D eigenvalue weighted by Crippen LogP contribution is 2.26. The van der Waals surface area contributed by atoms with Crippen LogP contribution in [0, 0.1) is 7.14 Å². The number of hydrogen-bond donors (Lipinski definition) is 2. The molecule has 3 aromatic rings. The zero-order chi connectivity index (χ0) is 17.3. The number of benzene rings is 2. The van der Waals surface area contributed by atoms with E-state index in [0.717, 1.165) is 8.96 Å². The van der Waals surface area contributed by atoms with E-state index >= 15 is 0 Å². The first-order chi connectivity index (χ1) is 11.4. The summed E-state index contributed by atoms with van der Waals surface area (Å²) in [7, 11) is 0. The molecular weight excluding hydrogens is 557 g/mol. The molecule has 0 aliphatic carbocycles. The van der Waals surface area contributed by atoms with Crippen molar-refractivity contribution in [2.24, 2.45) is 5.10 Å². The standard InChI is InChI=1S/C16H9ClI2N2O3/c17-10-1-2-13-8(3-10)5-14(24-13)16(23)21-20-7-9-4-11(18)6-12(19)15(9)22/h1-7,22H,(H,21,23)/b20-7+. The van der Waals surface area contributed by atoms with Gasteiger partial charge in [0.15, 0.2) is 5.76 Å². The third-order valence-electron chi connectivity index (χ3n) is 3.13. The van der Waals surface area contributed by atoms with E-state index < -0.39 is 5.91 Å². The van der Waals surface area contributed by atoms with Crippen LogP contribution in [0.1, 0.15) is 16.1 Å². The number of phenols is 1. The molecule has 0 bridgehead atoms. The zero-order valence-electron chi connectivity index (χ0n) is 11.9.